The molecule has 2 aromatic rings. The van der Waals surface area contributed by atoms with E-state index >= 15 is 0 Å². The van der Waals surface area contributed by atoms with Gasteiger partial charge in [-0.3, -0.25) is 9.69 Å². The van der Waals surface area contributed by atoms with Crippen molar-refractivity contribution in [1.82, 2.24) is 4.90 Å². The van der Waals surface area contributed by atoms with Gasteiger partial charge in [0.05, 0.1) is 12.2 Å². The highest BCUT2D eigenvalue weighted by atomic mass is 16.4. The van der Waals surface area contributed by atoms with Crippen LogP contribution in [0.4, 0.5) is 0 Å². The minimum atomic E-state index is -0.744. The quantitative estimate of drug-likeness (QED) is 0.938. The normalized spacial score (nSPS) is 22.5. The van der Waals surface area contributed by atoms with Crippen molar-refractivity contribution >= 4 is 5.97 Å². The first-order valence-corrected chi connectivity index (χ1v) is 7.18. The lowest BCUT2D eigenvalue weighted by atomic mass is 9.92. The summed E-state index contributed by atoms with van der Waals surface area (Å²) in [6, 6.07) is 12.0. The number of benzene rings is 1. The molecule has 4 nitrogen and oxygen atoms in total. The number of carbonyl (C=O) groups is 1. The fourth-order valence-electron chi connectivity index (χ4n) is 3.14. The van der Waals surface area contributed by atoms with Gasteiger partial charge in [0, 0.05) is 25.6 Å². The van der Waals surface area contributed by atoms with Crippen molar-refractivity contribution < 1.29 is 14.3 Å². The maximum Gasteiger partial charge on any atom is 0.308 e. The Morgan fingerprint density at radius 2 is 2.05 bits per heavy atom. The van der Waals surface area contributed by atoms with E-state index in [1.807, 2.05) is 31.2 Å². The Morgan fingerprint density at radius 3 is 2.67 bits per heavy atom. The molecule has 0 spiro atoms. The van der Waals surface area contributed by atoms with Gasteiger partial charge in [-0.2, -0.15) is 0 Å². The van der Waals surface area contributed by atoms with Gasteiger partial charge < -0.3 is 9.52 Å². The topological polar surface area (TPSA) is 53.7 Å². The molecule has 4 heteroatoms. The standard InChI is InChI=1S/C17H19NO3/c1-12-7-8-21-16(12)14-10-18(11-15(14)17(19)20)9-13-5-3-2-4-6-13/h2-8,14-15H,9-11H2,1H3,(H,19,20). The molecule has 21 heavy (non-hydrogen) atoms. The molecule has 0 bridgehead atoms. The average Bonchev–Trinajstić information content (AvgIpc) is 3.06. The van der Waals surface area contributed by atoms with Gasteiger partial charge in [-0.1, -0.05) is 30.3 Å². The molecular weight excluding hydrogens is 266 g/mol. The predicted octanol–water partition coefficient (Wildman–Crippen LogP) is 2.89. The van der Waals surface area contributed by atoms with Crippen molar-refractivity contribution in [1.29, 1.82) is 0 Å². The first-order chi connectivity index (χ1) is 10.1. The second-order valence-corrected chi connectivity index (χ2v) is 5.70. The van der Waals surface area contributed by atoms with E-state index in [1.165, 1.54) is 5.56 Å². The van der Waals surface area contributed by atoms with Gasteiger partial charge in [-0.05, 0) is 24.1 Å². The van der Waals surface area contributed by atoms with Crippen molar-refractivity contribution in [2.75, 3.05) is 13.1 Å². The van der Waals surface area contributed by atoms with Crippen LogP contribution in [-0.4, -0.2) is 29.1 Å². The van der Waals surface area contributed by atoms with Gasteiger partial charge >= 0.3 is 5.97 Å². The molecule has 1 aromatic carbocycles. The highest BCUT2D eigenvalue weighted by Crippen LogP contribution is 2.35. The van der Waals surface area contributed by atoms with E-state index < -0.39 is 11.9 Å². The Kier molecular flexibility index (Phi) is 3.80. The molecule has 2 unspecified atom stereocenters. The van der Waals surface area contributed by atoms with E-state index in [0.29, 0.717) is 6.54 Å². The predicted molar refractivity (Wildman–Crippen MR) is 79.0 cm³/mol. The zero-order chi connectivity index (χ0) is 14.8. The van der Waals surface area contributed by atoms with Crippen LogP contribution < -0.4 is 0 Å². The van der Waals surface area contributed by atoms with E-state index in [-0.39, 0.29) is 5.92 Å². The lowest BCUT2D eigenvalue weighted by Gasteiger charge is -2.15. The fourth-order valence-corrected chi connectivity index (χ4v) is 3.14. The first-order valence-electron chi connectivity index (χ1n) is 7.18. The highest BCUT2D eigenvalue weighted by molar-refractivity contribution is 5.72. The monoisotopic (exact) mass is 285 g/mol. The number of furan rings is 1. The molecule has 2 heterocycles. The molecule has 1 fully saturated rings. The Balaban J connectivity index is 1.78. The van der Waals surface area contributed by atoms with Crippen molar-refractivity contribution in [3.63, 3.8) is 0 Å². The third kappa shape index (κ3) is 2.85. The number of carboxylic acids is 1. The van der Waals surface area contributed by atoms with Crippen LogP contribution >= 0.6 is 0 Å². The lowest BCUT2D eigenvalue weighted by Crippen LogP contribution is -2.23. The van der Waals surface area contributed by atoms with Gasteiger partial charge in [0.25, 0.3) is 0 Å². The molecule has 1 aromatic heterocycles. The van der Waals surface area contributed by atoms with E-state index in [9.17, 15) is 9.90 Å². The zero-order valence-electron chi connectivity index (χ0n) is 12.0. The molecule has 1 aliphatic rings. The van der Waals surface area contributed by atoms with Crippen LogP contribution in [0.25, 0.3) is 0 Å². The second kappa shape index (κ2) is 5.74. The summed E-state index contributed by atoms with van der Waals surface area (Å²) in [7, 11) is 0. The van der Waals surface area contributed by atoms with Gasteiger partial charge in [-0.15, -0.1) is 0 Å². The number of hydrogen-bond acceptors (Lipinski definition) is 3. The number of carboxylic acid groups (broad SMARTS) is 1. The molecule has 1 saturated heterocycles. The Hall–Kier alpha value is -2.07. The molecule has 1 N–H and O–H groups in total. The van der Waals surface area contributed by atoms with Crippen molar-refractivity contribution in [2.45, 2.75) is 19.4 Å². The molecule has 0 aliphatic carbocycles. The molecule has 110 valence electrons. The summed E-state index contributed by atoms with van der Waals surface area (Å²) in [5.41, 5.74) is 2.24. The fraction of sp³-hybridized carbons (Fsp3) is 0.353. The summed E-state index contributed by atoms with van der Waals surface area (Å²) in [6.07, 6.45) is 1.64. The summed E-state index contributed by atoms with van der Waals surface area (Å²) in [6.45, 7) is 4.04. The van der Waals surface area contributed by atoms with E-state index in [4.69, 9.17) is 4.42 Å². The maximum atomic E-state index is 11.5. The summed E-state index contributed by atoms with van der Waals surface area (Å²) in [5, 5.41) is 9.49. The van der Waals surface area contributed by atoms with Gasteiger partial charge in [-0.25, -0.2) is 0 Å². The van der Waals surface area contributed by atoms with E-state index in [2.05, 4.69) is 17.0 Å². The molecule has 0 saturated carbocycles. The van der Waals surface area contributed by atoms with Gasteiger partial charge in [0.2, 0.25) is 0 Å². The molecule has 3 rings (SSSR count). The summed E-state index contributed by atoms with van der Waals surface area (Å²) >= 11 is 0. The minimum Gasteiger partial charge on any atom is -0.481 e. The van der Waals surface area contributed by atoms with E-state index in [1.54, 1.807) is 6.26 Å². The molecule has 1 aliphatic heterocycles. The number of rotatable bonds is 4. The third-order valence-electron chi connectivity index (χ3n) is 4.20. The van der Waals surface area contributed by atoms with Crippen LogP contribution in [0.3, 0.4) is 0 Å². The summed E-state index contributed by atoms with van der Waals surface area (Å²) in [5.74, 6) is -0.399. The van der Waals surface area contributed by atoms with Crippen LogP contribution in [-0.2, 0) is 11.3 Å². The number of aliphatic carboxylic acids is 1. The Labute approximate surface area is 124 Å². The van der Waals surface area contributed by atoms with Gasteiger partial charge in [0.15, 0.2) is 0 Å². The second-order valence-electron chi connectivity index (χ2n) is 5.70. The largest absolute Gasteiger partial charge is 0.481 e. The minimum absolute atomic E-state index is 0.0683. The number of hydrogen-bond donors (Lipinski definition) is 1. The van der Waals surface area contributed by atoms with Crippen LogP contribution in [0.5, 0.6) is 0 Å². The molecule has 2 atom stereocenters. The maximum absolute atomic E-state index is 11.5. The molecule has 0 amide bonds. The Bertz CT molecular complexity index is 620. The van der Waals surface area contributed by atoms with Gasteiger partial charge in [0.1, 0.15) is 5.76 Å². The molecule has 0 radical (unpaired) electrons. The SMILES string of the molecule is Cc1ccoc1C1CN(Cc2ccccc2)CC1C(=O)O. The van der Waals surface area contributed by atoms with Crippen LogP contribution in [0.15, 0.2) is 47.1 Å². The zero-order valence-corrected chi connectivity index (χ0v) is 12.0. The Morgan fingerprint density at radius 1 is 1.29 bits per heavy atom. The lowest BCUT2D eigenvalue weighted by molar-refractivity contribution is -0.141. The van der Waals surface area contributed by atoms with Crippen LogP contribution in [0, 0.1) is 12.8 Å². The summed E-state index contributed by atoms with van der Waals surface area (Å²) < 4.78 is 5.54. The van der Waals surface area contributed by atoms with Crippen molar-refractivity contribution in [3.8, 4) is 0 Å². The number of nitrogens with zero attached hydrogens (tertiary/aromatic N) is 1. The third-order valence-corrected chi connectivity index (χ3v) is 4.20. The molecular formula is C17H19NO3. The highest BCUT2D eigenvalue weighted by Gasteiger charge is 2.40. The van der Waals surface area contributed by atoms with Crippen molar-refractivity contribution in [3.05, 3.63) is 59.5 Å². The van der Waals surface area contributed by atoms with Crippen LogP contribution in [0.2, 0.25) is 0 Å². The smallest absolute Gasteiger partial charge is 0.308 e. The van der Waals surface area contributed by atoms with Crippen molar-refractivity contribution in [2.24, 2.45) is 5.92 Å². The average molecular weight is 285 g/mol. The number of aryl methyl sites for hydroxylation is 1. The first kappa shape index (κ1) is 13.9. The van der Waals surface area contributed by atoms with E-state index in [0.717, 1.165) is 24.4 Å². The summed E-state index contributed by atoms with van der Waals surface area (Å²) in [4.78, 5) is 13.7. The number of likely N-dealkylation sites (tertiary alicyclic amines) is 1. The van der Waals surface area contributed by atoms with Crippen LogP contribution in [0.1, 0.15) is 22.8 Å².